The zero-order chi connectivity index (χ0) is 10.7. The number of aliphatic hydroxyl groups excluding tert-OH is 1. The second kappa shape index (κ2) is 4.31. The average molecular weight is 206 g/mol. The highest BCUT2D eigenvalue weighted by Gasteiger charge is 2.18. The zero-order valence-electron chi connectivity index (χ0n) is 8.44. The SMILES string of the molecule is O=C1NCCCN1c1cccc(CO)c1. The standard InChI is InChI=1S/C11H14N2O2/c14-8-9-3-1-4-10(7-9)13-6-2-5-12-11(13)15/h1,3-4,7,14H,2,5-6,8H2,(H,12,15). The maximum atomic E-state index is 11.5. The quantitative estimate of drug-likeness (QED) is 0.761. The van der Waals surface area contributed by atoms with Crippen molar-refractivity contribution in [3.63, 3.8) is 0 Å². The van der Waals surface area contributed by atoms with E-state index >= 15 is 0 Å². The van der Waals surface area contributed by atoms with Crippen LogP contribution in [-0.2, 0) is 6.61 Å². The molecule has 1 aromatic rings. The van der Waals surface area contributed by atoms with Crippen LogP contribution in [0.1, 0.15) is 12.0 Å². The number of rotatable bonds is 2. The monoisotopic (exact) mass is 206 g/mol. The Hall–Kier alpha value is -1.55. The van der Waals surface area contributed by atoms with Gasteiger partial charge in [-0.25, -0.2) is 4.79 Å². The highest BCUT2D eigenvalue weighted by molar-refractivity contribution is 5.92. The van der Waals surface area contributed by atoms with Gasteiger partial charge in [-0.15, -0.1) is 0 Å². The summed E-state index contributed by atoms with van der Waals surface area (Å²) in [6.07, 6.45) is 0.953. The summed E-state index contributed by atoms with van der Waals surface area (Å²) in [5, 5.41) is 11.8. The summed E-state index contributed by atoms with van der Waals surface area (Å²) in [4.78, 5) is 13.2. The average Bonchev–Trinajstić information content (AvgIpc) is 2.30. The van der Waals surface area contributed by atoms with Gasteiger partial charge in [-0.2, -0.15) is 0 Å². The molecule has 1 aliphatic heterocycles. The molecule has 0 aliphatic carbocycles. The number of amides is 2. The molecule has 0 atom stereocenters. The zero-order valence-corrected chi connectivity index (χ0v) is 8.44. The summed E-state index contributed by atoms with van der Waals surface area (Å²) in [5.41, 5.74) is 1.67. The minimum Gasteiger partial charge on any atom is -0.392 e. The number of aliphatic hydroxyl groups is 1. The van der Waals surface area contributed by atoms with E-state index < -0.39 is 0 Å². The molecular weight excluding hydrogens is 192 g/mol. The van der Waals surface area contributed by atoms with Crippen LogP contribution in [0.3, 0.4) is 0 Å². The van der Waals surface area contributed by atoms with Crippen molar-refractivity contribution in [2.24, 2.45) is 0 Å². The molecule has 1 aliphatic rings. The van der Waals surface area contributed by atoms with E-state index in [2.05, 4.69) is 5.32 Å². The molecule has 2 amide bonds. The molecule has 0 aromatic heterocycles. The first kappa shape index (κ1) is 9.98. The number of anilines is 1. The molecule has 1 aromatic carbocycles. The Labute approximate surface area is 88.5 Å². The predicted octanol–water partition coefficient (Wildman–Crippen LogP) is 1.10. The summed E-state index contributed by atoms with van der Waals surface area (Å²) in [6, 6.07) is 7.35. The van der Waals surface area contributed by atoms with Crippen LogP contribution in [0.25, 0.3) is 0 Å². The predicted molar refractivity (Wildman–Crippen MR) is 57.7 cm³/mol. The largest absolute Gasteiger partial charge is 0.392 e. The van der Waals surface area contributed by atoms with Crippen LogP contribution >= 0.6 is 0 Å². The van der Waals surface area contributed by atoms with Crippen molar-refractivity contribution < 1.29 is 9.90 Å². The van der Waals surface area contributed by atoms with Gasteiger partial charge in [-0.3, -0.25) is 4.90 Å². The molecule has 0 saturated carbocycles. The van der Waals surface area contributed by atoms with Crippen LogP contribution in [0.15, 0.2) is 24.3 Å². The van der Waals surface area contributed by atoms with Crippen molar-refractivity contribution in [3.8, 4) is 0 Å². The molecule has 2 rings (SSSR count). The molecule has 0 unspecified atom stereocenters. The Balaban J connectivity index is 2.23. The number of urea groups is 1. The second-order valence-electron chi connectivity index (χ2n) is 3.57. The lowest BCUT2D eigenvalue weighted by Crippen LogP contribution is -2.46. The number of nitrogens with one attached hydrogen (secondary N) is 1. The fraction of sp³-hybridized carbons (Fsp3) is 0.364. The summed E-state index contributed by atoms with van der Waals surface area (Å²) >= 11 is 0. The number of hydrogen-bond acceptors (Lipinski definition) is 2. The molecule has 1 saturated heterocycles. The summed E-state index contributed by atoms with van der Waals surface area (Å²) in [6.45, 7) is 1.49. The van der Waals surface area contributed by atoms with Crippen LogP contribution in [-0.4, -0.2) is 24.2 Å². The fourth-order valence-electron chi connectivity index (χ4n) is 1.70. The van der Waals surface area contributed by atoms with Gasteiger partial charge in [-0.1, -0.05) is 12.1 Å². The Kier molecular flexibility index (Phi) is 2.87. The highest BCUT2D eigenvalue weighted by atomic mass is 16.3. The third kappa shape index (κ3) is 2.10. The first-order valence-corrected chi connectivity index (χ1v) is 5.06. The van der Waals surface area contributed by atoms with Crippen molar-refractivity contribution in [1.82, 2.24) is 5.32 Å². The third-order valence-electron chi connectivity index (χ3n) is 2.48. The molecule has 2 N–H and O–H groups in total. The molecule has 80 valence electrons. The Morgan fingerprint density at radius 3 is 3.07 bits per heavy atom. The minimum atomic E-state index is -0.0589. The summed E-state index contributed by atoms with van der Waals surface area (Å²) < 4.78 is 0. The second-order valence-corrected chi connectivity index (χ2v) is 3.57. The van der Waals surface area contributed by atoms with E-state index in [4.69, 9.17) is 5.11 Å². The van der Waals surface area contributed by atoms with Crippen molar-refractivity contribution in [2.75, 3.05) is 18.0 Å². The summed E-state index contributed by atoms with van der Waals surface area (Å²) in [7, 11) is 0. The van der Waals surface area contributed by atoms with E-state index in [0.29, 0.717) is 0 Å². The number of carbonyl (C=O) groups is 1. The molecule has 1 fully saturated rings. The van der Waals surface area contributed by atoms with Gasteiger partial charge in [-0.05, 0) is 24.1 Å². The van der Waals surface area contributed by atoms with Gasteiger partial charge in [0.15, 0.2) is 0 Å². The van der Waals surface area contributed by atoms with Crippen molar-refractivity contribution in [2.45, 2.75) is 13.0 Å². The van der Waals surface area contributed by atoms with Crippen LogP contribution in [0.5, 0.6) is 0 Å². The molecule has 0 spiro atoms. The van der Waals surface area contributed by atoms with Crippen LogP contribution in [0.2, 0.25) is 0 Å². The topological polar surface area (TPSA) is 52.6 Å². The molecule has 4 heteroatoms. The maximum Gasteiger partial charge on any atom is 0.321 e. The van der Waals surface area contributed by atoms with Gasteiger partial charge >= 0.3 is 6.03 Å². The lowest BCUT2D eigenvalue weighted by Gasteiger charge is -2.27. The Morgan fingerprint density at radius 2 is 2.33 bits per heavy atom. The van der Waals surface area contributed by atoms with E-state index in [9.17, 15) is 4.79 Å². The van der Waals surface area contributed by atoms with E-state index in [1.54, 1.807) is 4.90 Å². The smallest absolute Gasteiger partial charge is 0.321 e. The van der Waals surface area contributed by atoms with E-state index in [-0.39, 0.29) is 12.6 Å². The fourth-order valence-corrected chi connectivity index (χ4v) is 1.70. The first-order valence-electron chi connectivity index (χ1n) is 5.06. The molecular formula is C11H14N2O2. The lowest BCUT2D eigenvalue weighted by molar-refractivity contribution is 0.243. The van der Waals surface area contributed by atoms with Gasteiger partial charge < -0.3 is 10.4 Å². The van der Waals surface area contributed by atoms with E-state index in [1.807, 2.05) is 24.3 Å². The molecule has 0 bridgehead atoms. The Bertz CT molecular complexity index is 365. The van der Waals surface area contributed by atoms with Crippen molar-refractivity contribution in [3.05, 3.63) is 29.8 Å². The number of hydrogen-bond donors (Lipinski definition) is 2. The van der Waals surface area contributed by atoms with Crippen LogP contribution in [0, 0.1) is 0 Å². The minimum absolute atomic E-state index is 0.00327. The Morgan fingerprint density at radius 1 is 1.47 bits per heavy atom. The van der Waals surface area contributed by atoms with Crippen LogP contribution in [0.4, 0.5) is 10.5 Å². The first-order chi connectivity index (χ1) is 7.31. The van der Waals surface area contributed by atoms with E-state index in [1.165, 1.54) is 0 Å². The van der Waals surface area contributed by atoms with E-state index in [0.717, 1.165) is 30.8 Å². The third-order valence-corrected chi connectivity index (χ3v) is 2.48. The van der Waals surface area contributed by atoms with Gasteiger partial charge in [0.25, 0.3) is 0 Å². The highest BCUT2D eigenvalue weighted by Crippen LogP contribution is 2.18. The molecule has 1 heterocycles. The van der Waals surface area contributed by atoms with Gasteiger partial charge in [0.2, 0.25) is 0 Å². The van der Waals surface area contributed by atoms with Crippen molar-refractivity contribution >= 4 is 11.7 Å². The molecule has 4 nitrogen and oxygen atoms in total. The number of nitrogens with zero attached hydrogens (tertiary/aromatic N) is 1. The van der Waals surface area contributed by atoms with Gasteiger partial charge in [0.1, 0.15) is 0 Å². The lowest BCUT2D eigenvalue weighted by atomic mass is 10.2. The number of benzene rings is 1. The normalized spacial score (nSPS) is 16.3. The molecule has 0 radical (unpaired) electrons. The van der Waals surface area contributed by atoms with Crippen LogP contribution < -0.4 is 10.2 Å². The maximum absolute atomic E-state index is 11.5. The molecule has 15 heavy (non-hydrogen) atoms. The van der Waals surface area contributed by atoms with Crippen molar-refractivity contribution in [1.29, 1.82) is 0 Å². The van der Waals surface area contributed by atoms with Gasteiger partial charge in [0.05, 0.1) is 6.61 Å². The summed E-state index contributed by atoms with van der Waals surface area (Å²) in [5.74, 6) is 0. The van der Waals surface area contributed by atoms with Gasteiger partial charge in [0, 0.05) is 18.8 Å². The number of carbonyl (C=O) groups excluding carboxylic acids is 1.